The molecule has 0 aromatic heterocycles. The number of nitrogens with one attached hydrogen (secondary N) is 1. The molecule has 0 bridgehead atoms. The third-order valence-corrected chi connectivity index (χ3v) is 4.30. The van der Waals surface area contributed by atoms with Gasteiger partial charge in [-0.3, -0.25) is 4.90 Å². The summed E-state index contributed by atoms with van der Waals surface area (Å²) in [6, 6.07) is 0.766. The lowest BCUT2D eigenvalue weighted by molar-refractivity contribution is -0.0855. The maximum Gasteiger partial charge on any atom is 0.0753 e. The summed E-state index contributed by atoms with van der Waals surface area (Å²) < 4.78 is 5.74. The molecule has 1 saturated carbocycles. The molecule has 2 atom stereocenters. The second kappa shape index (κ2) is 6.36. The molecule has 1 saturated heterocycles. The second-order valence-corrected chi connectivity index (χ2v) is 6.81. The smallest absolute Gasteiger partial charge is 0.0753 e. The summed E-state index contributed by atoms with van der Waals surface area (Å²) >= 11 is 0. The number of hydrogen-bond donors (Lipinski definition) is 1. The van der Waals surface area contributed by atoms with Crippen molar-refractivity contribution in [1.29, 1.82) is 0 Å². The molecule has 1 N–H and O–H groups in total. The van der Waals surface area contributed by atoms with Crippen LogP contribution in [-0.4, -0.2) is 49.3 Å². The van der Waals surface area contributed by atoms with Crippen LogP contribution in [0.4, 0.5) is 0 Å². The van der Waals surface area contributed by atoms with E-state index in [0.717, 1.165) is 44.7 Å². The van der Waals surface area contributed by atoms with Crippen molar-refractivity contribution in [3.63, 3.8) is 0 Å². The van der Waals surface area contributed by atoms with Gasteiger partial charge >= 0.3 is 0 Å². The second-order valence-electron chi connectivity index (χ2n) is 6.81. The standard InChI is InChI=1S/C15H30N2O/c1-13-5-4-6-14(11-13)16-7-8-17-9-10-18-15(2,3)12-17/h13-14,16H,4-12H2,1-3H3. The number of ether oxygens (including phenoxy) is 1. The molecular weight excluding hydrogens is 224 g/mol. The molecule has 18 heavy (non-hydrogen) atoms. The van der Waals surface area contributed by atoms with Crippen LogP contribution in [0.5, 0.6) is 0 Å². The fourth-order valence-corrected chi connectivity index (χ4v) is 3.35. The van der Waals surface area contributed by atoms with E-state index in [1.165, 1.54) is 25.7 Å². The third kappa shape index (κ3) is 4.52. The normalized spacial score (nSPS) is 33.5. The fraction of sp³-hybridized carbons (Fsp3) is 1.00. The van der Waals surface area contributed by atoms with Crippen LogP contribution in [-0.2, 0) is 4.74 Å². The van der Waals surface area contributed by atoms with E-state index in [1.54, 1.807) is 0 Å². The molecule has 0 aromatic rings. The molecule has 1 aliphatic carbocycles. The molecule has 2 unspecified atom stereocenters. The van der Waals surface area contributed by atoms with Gasteiger partial charge in [-0.1, -0.05) is 19.8 Å². The van der Waals surface area contributed by atoms with Crippen molar-refractivity contribution >= 4 is 0 Å². The van der Waals surface area contributed by atoms with Crippen LogP contribution in [0.1, 0.15) is 46.5 Å². The summed E-state index contributed by atoms with van der Waals surface area (Å²) in [5, 5.41) is 3.74. The van der Waals surface area contributed by atoms with Gasteiger partial charge in [0.25, 0.3) is 0 Å². The van der Waals surface area contributed by atoms with Crippen molar-refractivity contribution < 1.29 is 4.74 Å². The molecule has 3 nitrogen and oxygen atoms in total. The Labute approximate surface area is 112 Å². The van der Waals surface area contributed by atoms with Gasteiger partial charge in [-0.05, 0) is 32.6 Å². The Hall–Kier alpha value is -0.120. The third-order valence-electron chi connectivity index (χ3n) is 4.30. The van der Waals surface area contributed by atoms with E-state index >= 15 is 0 Å². The van der Waals surface area contributed by atoms with Crippen LogP contribution in [0.15, 0.2) is 0 Å². The molecule has 2 rings (SSSR count). The first-order chi connectivity index (χ1) is 8.55. The van der Waals surface area contributed by atoms with E-state index in [9.17, 15) is 0 Å². The van der Waals surface area contributed by atoms with Crippen molar-refractivity contribution in [2.75, 3.05) is 32.8 Å². The maximum absolute atomic E-state index is 5.74. The minimum Gasteiger partial charge on any atom is -0.373 e. The van der Waals surface area contributed by atoms with Gasteiger partial charge in [0.05, 0.1) is 12.2 Å². The quantitative estimate of drug-likeness (QED) is 0.833. The highest BCUT2D eigenvalue weighted by Gasteiger charge is 2.27. The molecule has 2 aliphatic rings. The molecule has 0 amide bonds. The van der Waals surface area contributed by atoms with Gasteiger partial charge in [-0.25, -0.2) is 0 Å². The maximum atomic E-state index is 5.74. The predicted molar refractivity (Wildman–Crippen MR) is 75.9 cm³/mol. The Morgan fingerprint density at radius 1 is 1.33 bits per heavy atom. The minimum absolute atomic E-state index is 0.0393. The first-order valence-electron chi connectivity index (χ1n) is 7.65. The van der Waals surface area contributed by atoms with Gasteiger partial charge in [0.1, 0.15) is 0 Å². The summed E-state index contributed by atoms with van der Waals surface area (Å²) in [5.41, 5.74) is 0.0393. The number of morpholine rings is 1. The Morgan fingerprint density at radius 3 is 2.89 bits per heavy atom. The van der Waals surface area contributed by atoms with E-state index in [0.29, 0.717) is 0 Å². The average molecular weight is 254 g/mol. The average Bonchev–Trinajstić information content (AvgIpc) is 2.28. The SMILES string of the molecule is CC1CCCC(NCCN2CCOC(C)(C)C2)C1. The zero-order valence-corrected chi connectivity index (χ0v) is 12.4. The van der Waals surface area contributed by atoms with Crippen LogP contribution in [0.2, 0.25) is 0 Å². The summed E-state index contributed by atoms with van der Waals surface area (Å²) in [4.78, 5) is 2.53. The monoisotopic (exact) mass is 254 g/mol. The Morgan fingerprint density at radius 2 is 2.17 bits per heavy atom. The van der Waals surface area contributed by atoms with Crippen molar-refractivity contribution in [2.24, 2.45) is 5.92 Å². The van der Waals surface area contributed by atoms with Crippen LogP contribution >= 0.6 is 0 Å². The molecule has 2 fully saturated rings. The van der Waals surface area contributed by atoms with Crippen LogP contribution in [0.25, 0.3) is 0 Å². The predicted octanol–water partition coefficient (Wildman–Crippen LogP) is 2.27. The topological polar surface area (TPSA) is 24.5 Å². The number of nitrogens with zero attached hydrogens (tertiary/aromatic N) is 1. The first-order valence-corrected chi connectivity index (χ1v) is 7.65. The fourth-order valence-electron chi connectivity index (χ4n) is 3.35. The van der Waals surface area contributed by atoms with Gasteiger partial charge < -0.3 is 10.1 Å². The van der Waals surface area contributed by atoms with E-state index in [1.807, 2.05) is 0 Å². The Kier molecular flexibility index (Phi) is 5.05. The van der Waals surface area contributed by atoms with E-state index in [2.05, 4.69) is 31.0 Å². The van der Waals surface area contributed by atoms with E-state index in [-0.39, 0.29) is 5.60 Å². The van der Waals surface area contributed by atoms with Crippen LogP contribution in [0, 0.1) is 5.92 Å². The lowest BCUT2D eigenvalue weighted by atomic mass is 9.87. The van der Waals surface area contributed by atoms with Gasteiger partial charge in [0.2, 0.25) is 0 Å². The van der Waals surface area contributed by atoms with E-state index < -0.39 is 0 Å². The number of hydrogen-bond acceptors (Lipinski definition) is 3. The summed E-state index contributed by atoms with van der Waals surface area (Å²) in [6.07, 6.45) is 5.58. The summed E-state index contributed by atoms with van der Waals surface area (Å²) in [7, 11) is 0. The van der Waals surface area contributed by atoms with Gasteiger partial charge in [-0.15, -0.1) is 0 Å². The van der Waals surface area contributed by atoms with E-state index in [4.69, 9.17) is 4.74 Å². The van der Waals surface area contributed by atoms with Crippen LogP contribution in [0.3, 0.4) is 0 Å². The van der Waals surface area contributed by atoms with Crippen molar-refractivity contribution in [3.8, 4) is 0 Å². The lowest BCUT2D eigenvalue weighted by Crippen LogP contribution is -2.50. The molecule has 3 heteroatoms. The Bertz CT molecular complexity index is 255. The molecule has 0 spiro atoms. The van der Waals surface area contributed by atoms with Crippen molar-refractivity contribution in [3.05, 3.63) is 0 Å². The lowest BCUT2D eigenvalue weighted by Gasteiger charge is -2.38. The minimum atomic E-state index is 0.0393. The molecule has 0 radical (unpaired) electrons. The molecule has 1 heterocycles. The largest absolute Gasteiger partial charge is 0.373 e. The number of rotatable bonds is 4. The van der Waals surface area contributed by atoms with Crippen molar-refractivity contribution in [1.82, 2.24) is 10.2 Å². The highest BCUT2D eigenvalue weighted by atomic mass is 16.5. The molecular formula is C15H30N2O. The van der Waals surface area contributed by atoms with Crippen LogP contribution < -0.4 is 5.32 Å². The zero-order valence-electron chi connectivity index (χ0n) is 12.4. The first kappa shape index (κ1) is 14.3. The summed E-state index contributed by atoms with van der Waals surface area (Å²) in [6.45, 7) is 12.1. The zero-order chi connectivity index (χ0) is 13.0. The van der Waals surface area contributed by atoms with Gasteiger partial charge in [0.15, 0.2) is 0 Å². The van der Waals surface area contributed by atoms with Gasteiger partial charge in [-0.2, -0.15) is 0 Å². The Balaban J connectivity index is 1.63. The summed E-state index contributed by atoms with van der Waals surface area (Å²) in [5.74, 6) is 0.915. The molecule has 1 aliphatic heterocycles. The van der Waals surface area contributed by atoms with Gasteiger partial charge in [0, 0.05) is 32.2 Å². The highest BCUT2D eigenvalue weighted by Crippen LogP contribution is 2.23. The molecule has 106 valence electrons. The van der Waals surface area contributed by atoms with Crippen molar-refractivity contribution in [2.45, 2.75) is 58.1 Å². The highest BCUT2D eigenvalue weighted by molar-refractivity contribution is 4.80. The molecule has 0 aromatic carbocycles.